The van der Waals surface area contributed by atoms with E-state index in [9.17, 15) is 0 Å². The number of pyridine rings is 1. The van der Waals surface area contributed by atoms with E-state index < -0.39 is 0 Å². The molecule has 3 rings (SSSR count). The maximum atomic E-state index is 5.87. The highest BCUT2D eigenvalue weighted by Crippen LogP contribution is 2.28. The third-order valence-corrected chi connectivity index (χ3v) is 3.38. The van der Waals surface area contributed by atoms with Crippen molar-refractivity contribution in [3.8, 4) is 11.3 Å². The molecule has 1 aromatic carbocycles. The number of fused-ring (bicyclic) bond motifs is 1. The van der Waals surface area contributed by atoms with E-state index in [1.807, 2.05) is 24.4 Å². The van der Waals surface area contributed by atoms with Crippen molar-refractivity contribution in [1.82, 2.24) is 9.38 Å². The van der Waals surface area contributed by atoms with Crippen molar-refractivity contribution >= 4 is 17.0 Å². The van der Waals surface area contributed by atoms with E-state index in [4.69, 9.17) is 11.5 Å². The van der Waals surface area contributed by atoms with Crippen molar-refractivity contribution in [2.24, 2.45) is 0 Å². The standard InChI is InChI=1S/C15H16N4/c1-9-5-6-19-10(2)15(18-14(19)7-9)11-3-4-12(16)13(17)8-11/h3-8H,16-17H2,1-2H3. The summed E-state index contributed by atoms with van der Waals surface area (Å²) in [4.78, 5) is 4.68. The van der Waals surface area contributed by atoms with Crippen LogP contribution in [0.15, 0.2) is 36.5 Å². The number of hydrogen-bond acceptors (Lipinski definition) is 3. The lowest BCUT2D eigenvalue weighted by atomic mass is 10.1. The summed E-state index contributed by atoms with van der Waals surface area (Å²) in [5, 5.41) is 0. The van der Waals surface area contributed by atoms with Gasteiger partial charge in [-0.25, -0.2) is 4.98 Å². The topological polar surface area (TPSA) is 69.3 Å². The lowest BCUT2D eigenvalue weighted by Crippen LogP contribution is -1.95. The molecule has 0 aliphatic heterocycles. The first-order valence-corrected chi connectivity index (χ1v) is 6.17. The Kier molecular flexibility index (Phi) is 2.45. The van der Waals surface area contributed by atoms with Crippen LogP contribution < -0.4 is 11.5 Å². The summed E-state index contributed by atoms with van der Waals surface area (Å²) in [5.74, 6) is 0. The number of benzene rings is 1. The van der Waals surface area contributed by atoms with Crippen LogP contribution in [0.5, 0.6) is 0 Å². The predicted molar refractivity (Wildman–Crippen MR) is 78.9 cm³/mol. The molecule has 0 spiro atoms. The van der Waals surface area contributed by atoms with Crippen LogP contribution in [0.25, 0.3) is 16.9 Å². The minimum atomic E-state index is 0.588. The molecule has 0 fully saturated rings. The fourth-order valence-corrected chi connectivity index (χ4v) is 2.26. The van der Waals surface area contributed by atoms with E-state index in [1.165, 1.54) is 5.56 Å². The minimum absolute atomic E-state index is 0.588. The average molecular weight is 252 g/mol. The summed E-state index contributed by atoms with van der Waals surface area (Å²) in [5.41, 5.74) is 18.0. The molecular formula is C15H16N4. The summed E-state index contributed by atoms with van der Waals surface area (Å²) in [6.45, 7) is 4.11. The Morgan fingerprint density at radius 2 is 1.79 bits per heavy atom. The molecule has 4 N–H and O–H groups in total. The molecule has 2 aromatic heterocycles. The van der Waals surface area contributed by atoms with Crippen LogP contribution in [0.3, 0.4) is 0 Å². The molecule has 0 radical (unpaired) electrons. The summed E-state index contributed by atoms with van der Waals surface area (Å²) in [6.07, 6.45) is 2.04. The largest absolute Gasteiger partial charge is 0.397 e. The molecule has 2 heterocycles. The number of rotatable bonds is 1. The third kappa shape index (κ3) is 1.81. The van der Waals surface area contributed by atoms with Crippen molar-refractivity contribution in [2.75, 3.05) is 11.5 Å². The van der Waals surface area contributed by atoms with Crippen molar-refractivity contribution in [1.29, 1.82) is 0 Å². The predicted octanol–water partition coefficient (Wildman–Crippen LogP) is 2.78. The highest BCUT2D eigenvalue weighted by Gasteiger charge is 2.11. The Morgan fingerprint density at radius 3 is 2.53 bits per heavy atom. The van der Waals surface area contributed by atoms with Crippen molar-refractivity contribution < 1.29 is 0 Å². The molecule has 96 valence electrons. The fraction of sp³-hybridized carbons (Fsp3) is 0.133. The molecule has 0 atom stereocenters. The zero-order valence-electron chi connectivity index (χ0n) is 11.0. The maximum absolute atomic E-state index is 5.87. The monoisotopic (exact) mass is 252 g/mol. The number of hydrogen-bond donors (Lipinski definition) is 2. The molecule has 0 aliphatic carbocycles. The van der Waals surface area contributed by atoms with Gasteiger partial charge in [-0.3, -0.25) is 0 Å². The molecule has 4 nitrogen and oxygen atoms in total. The van der Waals surface area contributed by atoms with Gasteiger partial charge in [0.1, 0.15) is 5.65 Å². The number of nitrogens with two attached hydrogens (primary N) is 2. The van der Waals surface area contributed by atoms with Gasteiger partial charge in [0.15, 0.2) is 0 Å². The number of nitrogen functional groups attached to an aromatic ring is 2. The summed E-state index contributed by atoms with van der Waals surface area (Å²) in [7, 11) is 0. The Hall–Kier alpha value is -2.49. The molecule has 19 heavy (non-hydrogen) atoms. The minimum Gasteiger partial charge on any atom is -0.397 e. The van der Waals surface area contributed by atoms with Gasteiger partial charge in [-0.2, -0.15) is 0 Å². The van der Waals surface area contributed by atoms with Crippen LogP contribution in [-0.2, 0) is 0 Å². The van der Waals surface area contributed by atoms with Gasteiger partial charge >= 0.3 is 0 Å². The molecule has 0 saturated heterocycles. The number of imidazole rings is 1. The van der Waals surface area contributed by atoms with Crippen LogP contribution in [0.2, 0.25) is 0 Å². The molecule has 0 unspecified atom stereocenters. The molecule has 4 heteroatoms. The average Bonchev–Trinajstić information content (AvgIpc) is 2.70. The normalized spacial score (nSPS) is 11.1. The van der Waals surface area contributed by atoms with Gasteiger partial charge in [0, 0.05) is 17.5 Å². The molecular weight excluding hydrogens is 236 g/mol. The zero-order valence-corrected chi connectivity index (χ0v) is 11.0. The fourth-order valence-electron chi connectivity index (χ4n) is 2.26. The van der Waals surface area contributed by atoms with Crippen LogP contribution in [-0.4, -0.2) is 9.38 Å². The second-order valence-electron chi connectivity index (χ2n) is 4.82. The van der Waals surface area contributed by atoms with Crippen molar-refractivity contribution in [2.45, 2.75) is 13.8 Å². The number of aromatic nitrogens is 2. The van der Waals surface area contributed by atoms with Crippen LogP contribution in [0.1, 0.15) is 11.3 Å². The van der Waals surface area contributed by atoms with Gasteiger partial charge in [0.2, 0.25) is 0 Å². The first-order chi connectivity index (χ1) is 9.06. The Balaban J connectivity index is 2.24. The molecule has 0 amide bonds. The van der Waals surface area contributed by atoms with E-state index in [0.29, 0.717) is 11.4 Å². The van der Waals surface area contributed by atoms with Crippen LogP contribution in [0, 0.1) is 13.8 Å². The summed E-state index contributed by atoms with van der Waals surface area (Å²) in [6, 6.07) is 9.78. The van der Waals surface area contributed by atoms with Crippen LogP contribution in [0.4, 0.5) is 11.4 Å². The molecule has 0 aliphatic rings. The summed E-state index contributed by atoms with van der Waals surface area (Å²) < 4.78 is 2.08. The van der Waals surface area contributed by atoms with Crippen molar-refractivity contribution in [3.05, 3.63) is 47.8 Å². The van der Waals surface area contributed by atoms with Gasteiger partial charge in [0.05, 0.1) is 17.1 Å². The second kappa shape index (κ2) is 4.02. The Bertz CT molecular complexity index is 771. The SMILES string of the molecule is Cc1ccn2c(C)c(-c3ccc(N)c(N)c3)nc2c1. The zero-order chi connectivity index (χ0) is 13.6. The van der Waals surface area contributed by atoms with Gasteiger partial charge < -0.3 is 15.9 Å². The Morgan fingerprint density at radius 1 is 1.00 bits per heavy atom. The molecule has 0 saturated carbocycles. The van der Waals surface area contributed by atoms with Gasteiger partial charge in [-0.15, -0.1) is 0 Å². The van der Waals surface area contributed by atoms with E-state index in [0.717, 1.165) is 22.6 Å². The van der Waals surface area contributed by atoms with E-state index in [1.54, 1.807) is 0 Å². The molecule has 0 bridgehead atoms. The highest BCUT2D eigenvalue weighted by molar-refractivity contribution is 5.75. The van der Waals surface area contributed by atoms with Crippen LogP contribution >= 0.6 is 0 Å². The maximum Gasteiger partial charge on any atom is 0.137 e. The lowest BCUT2D eigenvalue weighted by molar-refractivity contribution is 1.10. The first kappa shape index (κ1) is 11.6. The first-order valence-electron chi connectivity index (χ1n) is 6.17. The quantitative estimate of drug-likeness (QED) is 0.654. The van der Waals surface area contributed by atoms with Gasteiger partial charge in [0.25, 0.3) is 0 Å². The number of nitrogens with zero attached hydrogens (tertiary/aromatic N) is 2. The van der Waals surface area contributed by atoms with Crippen molar-refractivity contribution in [3.63, 3.8) is 0 Å². The van der Waals surface area contributed by atoms with Gasteiger partial charge in [-0.1, -0.05) is 6.07 Å². The Labute approximate surface area is 111 Å². The lowest BCUT2D eigenvalue weighted by Gasteiger charge is -2.03. The third-order valence-electron chi connectivity index (χ3n) is 3.38. The smallest absolute Gasteiger partial charge is 0.137 e. The summed E-state index contributed by atoms with van der Waals surface area (Å²) >= 11 is 0. The van der Waals surface area contributed by atoms with Gasteiger partial charge in [-0.05, 0) is 43.7 Å². The van der Waals surface area contributed by atoms with E-state index >= 15 is 0 Å². The van der Waals surface area contributed by atoms with E-state index in [-0.39, 0.29) is 0 Å². The number of anilines is 2. The number of aryl methyl sites for hydroxylation is 2. The second-order valence-corrected chi connectivity index (χ2v) is 4.82. The molecule has 3 aromatic rings. The van der Waals surface area contributed by atoms with E-state index in [2.05, 4.69) is 35.4 Å². The highest BCUT2D eigenvalue weighted by atomic mass is 15.0.